The second-order valence-corrected chi connectivity index (χ2v) is 12.6. The molecule has 0 aromatic rings. The van der Waals surface area contributed by atoms with Crippen molar-refractivity contribution >= 4 is 25.7 Å². The van der Waals surface area contributed by atoms with Crippen molar-refractivity contribution in [1.29, 1.82) is 0 Å². The van der Waals surface area contributed by atoms with Crippen molar-refractivity contribution in [2.45, 2.75) is 60.3 Å². The molecule has 0 aromatic carbocycles. The molecule has 0 fully saturated rings. The van der Waals surface area contributed by atoms with Gasteiger partial charge >= 0.3 is 73.1 Å². The predicted octanol–water partition coefficient (Wildman–Crippen LogP) is 3.02. The Balaban J connectivity index is 0. The molecule has 0 heterocycles. The molecule has 0 aliphatic heterocycles. The average Bonchev–Trinajstić information content (AvgIpc) is 2.19. The molecule has 2 nitrogen and oxygen atoms in total. The molecule has 0 rings (SSSR count). The van der Waals surface area contributed by atoms with Gasteiger partial charge in [-0.25, -0.2) is 0 Å². The zero-order valence-corrected chi connectivity index (χ0v) is 14.1. The molecule has 94 valence electrons. The van der Waals surface area contributed by atoms with Crippen molar-refractivity contribution in [1.82, 2.24) is 0 Å². The maximum atomic E-state index is 9.49. The third kappa shape index (κ3) is 14.0. The normalized spacial score (nSPS) is 9.00. The molecule has 0 aliphatic carbocycles. The minimum atomic E-state index is -1.19. The van der Waals surface area contributed by atoms with Gasteiger partial charge in [0.2, 0.25) is 0 Å². The molecule has 16 heavy (non-hydrogen) atoms. The van der Waals surface area contributed by atoms with Crippen molar-refractivity contribution in [3.63, 3.8) is 0 Å². The quantitative estimate of drug-likeness (QED) is 0.531. The van der Waals surface area contributed by atoms with Gasteiger partial charge in [-0.15, -0.1) is 0 Å². The molecule has 0 aromatic heterocycles. The van der Waals surface area contributed by atoms with Gasteiger partial charge in [0.15, 0.2) is 0 Å². The Bertz CT molecular complexity index is 164. The molecule has 0 saturated carbocycles. The molecule has 3 heteroatoms. The van der Waals surface area contributed by atoms with Crippen LogP contribution < -0.4 is 5.11 Å². The summed E-state index contributed by atoms with van der Waals surface area (Å²) in [7, 11) is 0. The summed E-state index contributed by atoms with van der Waals surface area (Å²) in [6, 6.07) is 0. The van der Waals surface area contributed by atoms with E-state index in [1.165, 1.54) is 26.2 Å². The summed E-state index contributed by atoms with van der Waals surface area (Å²) in [6.07, 6.45) is 4.36. The van der Waals surface area contributed by atoms with Gasteiger partial charge in [0.25, 0.3) is 0 Å². The number of carbonyl (C=O) groups is 1. The first-order valence-electron chi connectivity index (χ1n) is 6.19. The van der Waals surface area contributed by atoms with E-state index < -0.39 is 25.7 Å². The number of hydrogen-bond donors (Lipinski definition) is 0. The Kier molecular flexibility index (Phi) is 15.0. The van der Waals surface area contributed by atoms with Crippen LogP contribution in [0.2, 0.25) is 13.3 Å². The van der Waals surface area contributed by atoms with Gasteiger partial charge in [-0.2, -0.15) is 0 Å². The fourth-order valence-corrected chi connectivity index (χ4v) is 9.63. The Hall–Kier alpha value is 0.00870. The second kappa shape index (κ2) is 13.1. The van der Waals surface area contributed by atoms with Crippen molar-refractivity contribution < 1.29 is 9.90 Å². The number of aliphatic carboxylic acids is 1. The second-order valence-electron chi connectivity index (χ2n) is 4.07. The van der Waals surface area contributed by atoms with E-state index in [0.29, 0.717) is 0 Å². The zero-order chi connectivity index (χ0) is 13.0. The Morgan fingerprint density at radius 2 is 1.31 bits per heavy atom. The summed E-state index contributed by atoms with van der Waals surface area (Å²) in [5.41, 5.74) is 0.0648. The van der Waals surface area contributed by atoms with Crippen LogP contribution >= 0.6 is 0 Å². The zero-order valence-electron chi connectivity index (χ0n) is 11.3. The third-order valence-electron chi connectivity index (χ3n) is 2.16. The van der Waals surface area contributed by atoms with Crippen molar-refractivity contribution in [3.05, 3.63) is 12.2 Å². The molecule has 0 amide bonds. The molecule has 0 saturated heterocycles. The monoisotopic (exact) mass is 334 g/mol. The van der Waals surface area contributed by atoms with E-state index in [-0.39, 0.29) is 5.57 Å². The van der Waals surface area contributed by atoms with Gasteiger partial charge in [-0.3, -0.25) is 0 Å². The molecule has 0 bridgehead atoms. The SMILES string of the molecule is C=C(C)C(=O)[O-].CC[CH2][Sn+]([CH2]CC)[CH2]CC. The Morgan fingerprint density at radius 3 is 1.44 bits per heavy atom. The summed E-state index contributed by atoms with van der Waals surface area (Å²) in [5.74, 6) is -1.19. The molecule has 0 spiro atoms. The number of rotatable bonds is 7. The number of carboxylic acid groups (broad SMARTS) is 1. The fourth-order valence-electron chi connectivity index (χ4n) is 1.44. The van der Waals surface area contributed by atoms with Crippen LogP contribution in [-0.2, 0) is 4.79 Å². The van der Waals surface area contributed by atoms with Gasteiger partial charge in [0.05, 0.1) is 5.97 Å². The number of carboxylic acids is 1. The number of carbonyl (C=O) groups excluding carboxylic acids is 1. The summed E-state index contributed by atoms with van der Waals surface area (Å²) in [5, 5.41) is 9.49. The summed E-state index contributed by atoms with van der Waals surface area (Å²) < 4.78 is 4.93. The van der Waals surface area contributed by atoms with E-state index in [1.54, 1.807) is 13.3 Å². The van der Waals surface area contributed by atoms with Gasteiger partial charge in [0.1, 0.15) is 0 Å². The minimum absolute atomic E-state index is 0.0648. The average molecular weight is 333 g/mol. The number of hydrogen-bond acceptors (Lipinski definition) is 2. The summed E-state index contributed by atoms with van der Waals surface area (Å²) in [6.45, 7) is 11.5. The van der Waals surface area contributed by atoms with Crippen LogP contribution in [0.4, 0.5) is 0 Å². The van der Waals surface area contributed by atoms with E-state index in [2.05, 4.69) is 27.4 Å². The van der Waals surface area contributed by atoms with E-state index in [0.717, 1.165) is 0 Å². The van der Waals surface area contributed by atoms with Crippen LogP contribution in [0.25, 0.3) is 0 Å². The first-order chi connectivity index (χ1) is 7.49. The Morgan fingerprint density at radius 1 is 1.06 bits per heavy atom. The molecule has 0 radical (unpaired) electrons. The van der Waals surface area contributed by atoms with Crippen molar-refractivity contribution in [2.75, 3.05) is 0 Å². The molecule has 0 N–H and O–H groups in total. The van der Waals surface area contributed by atoms with Crippen LogP contribution in [-0.4, -0.2) is 25.7 Å². The Labute approximate surface area is 108 Å². The van der Waals surface area contributed by atoms with Gasteiger partial charge < -0.3 is 9.90 Å². The van der Waals surface area contributed by atoms with Gasteiger partial charge in [-0.05, 0) is 12.5 Å². The van der Waals surface area contributed by atoms with Crippen LogP contribution in [0.1, 0.15) is 47.0 Å². The van der Waals surface area contributed by atoms with Gasteiger partial charge in [-0.1, -0.05) is 6.58 Å². The predicted molar refractivity (Wildman–Crippen MR) is 70.9 cm³/mol. The first-order valence-corrected chi connectivity index (χ1v) is 12.2. The molecule has 0 unspecified atom stereocenters. The van der Waals surface area contributed by atoms with Crippen LogP contribution in [0.3, 0.4) is 0 Å². The summed E-state index contributed by atoms with van der Waals surface area (Å²) in [4.78, 5) is 9.49. The van der Waals surface area contributed by atoms with E-state index in [1.807, 2.05) is 0 Å². The molecular formula is C13H26O2Sn. The van der Waals surface area contributed by atoms with Crippen LogP contribution in [0.5, 0.6) is 0 Å². The van der Waals surface area contributed by atoms with Crippen molar-refractivity contribution in [3.8, 4) is 0 Å². The van der Waals surface area contributed by atoms with Crippen molar-refractivity contribution in [2.24, 2.45) is 0 Å². The molecule has 0 aliphatic rings. The molecular weight excluding hydrogens is 307 g/mol. The summed E-state index contributed by atoms with van der Waals surface area (Å²) >= 11 is -0.759. The fraction of sp³-hybridized carbons (Fsp3) is 0.769. The first kappa shape index (κ1) is 18.4. The van der Waals surface area contributed by atoms with E-state index in [4.69, 9.17) is 0 Å². The van der Waals surface area contributed by atoms with Crippen LogP contribution in [0, 0.1) is 0 Å². The van der Waals surface area contributed by atoms with E-state index >= 15 is 0 Å². The maximum absolute atomic E-state index is 9.49. The van der Waals surface area contributed by atoms with Crippen LogP contribution in [0.15, 0.2) is 12.2 Å². The van der Waals surface area contributed by atoms with Gasteiger partial charge in [0, 0.05) is 0 Å². The van der Waals surface area contributed by atoms with E-state index in [9.17, 15) is 9.90 Å². The standard InChI is InChI=1S/C4H6O2.3C3H7.Sn/c1-3(2)4(5)6;3*1-3-2;/h1H2,2H3,(H,5,6);3*1,3H2,2H3;/q;;;;+1/p-1. The third-order valence-corrected chi connectivity index (χ3v) is 12.5. The molecule has 0 atom stereocenters. The topological polar surface area (TPSA) is 40.1 Å².